The van der Waals surface area contributed by atoms with Gasteiger partial charge in [-0.15, -0.1) is 0 Å². The van der Waals surface area contributed by atoms with Crippen LogP contribution in [0.4, 0.5) is 31.2 Å². The Morgan fingerprint density at radius 1 is 0.732 bits per heavy atom. The molecule has 0 unspecified atom stereocenters. The van der Waals surface area contributed by atoms with Gasteiger partial charge >= 0.3 is 18.1 Å². The van der Waals surface area contributed by atoms with Gasteiger partial charge in [0.1, 0.15) is 72.3 Å². The maximum atomic E-state index is 15.1. The van der Waals surface area contributed by atoms with Crippen molar-refractivity contribution in [2.24, 2.45) is 41.1 Å². The number of likely N-dealkylation sites (tertiary alicyclic amines) is 1. The largest absolute Gasteiger partial charge is 0.479 e. The molecule has 3 saturated heterocycles. The van der Waals surface area contributed by atoms with E-state index in [4.69, 9.17) is 61.5 Å². The third-order valence-electron chi connectivity index (χ3n) is 25.3. The number of benzene rings is 4. The number of aromatic amines is 1. The van der Waals surface area contributed by atoms with Gasteiger partial charge in [-0.3, -0.25) is 43.3 Å². The summed E-state index contributed by atoms with van der Waals surface area (Å²) in [4.78, 5) is 172. The van der Waals surface area contributed by atoms with Crippen molar-refractivity contribution in [2.45, 2.75) is 245 Å². The number of aromatic nitrogens is 3. The highest BCUT2D eigenvalue weighted by molar-refractivity contribution is 6.31. The monoisotopic (exact) mass is 1950 g/mol. The summed E-state index contributed by atoms with van der Waals surface area (Å²) < 4.78 is 49.8. The van der Waals surface area contributed by atoms with Crippen LogP contribution < -0.4 is 63.6 Å². The van der Waals surface area contributed by atoms with Crippen LogP contribution in [0.1, 0.15) is 163 Å². The molecule has 4 aromatic carbocycles. The number of ether oxygens (including phenoxy) is 6. The summed E-state index contributed by atoms with van der Waals surface area (Å²) in [5.74, 6) is -8.35. The Hall–Kier alpha value is -11.5. The van der Waals surface area contributed by atoms with Crippen LogP contribution in [0.3, 0.4) is 0 Å². The molecule has 138 heavy (non-hydrogen) atoms. The lowest BCUT2D eigenvalue weighted by atomic mass is 9.89. The molecule has 5 heterocycles. The molecule has 0 bridgehead atoms. The van der Waals surface area contributed by atoms with Gasteiger partial charge in [0.2, 0.25) is 53.5 Å². The normalized spacial score (nSPS) is 19.0. The number of H-pyrrole nitrogens is 1. The Morgan fingerprint density at radius 3 is 2.07 bits per heavy atom. The van der Waals surface area contributed by atoms with Crippen molar-refractivity contribution in [3.8, 4) is 28.3 Å². The number of anilines is 3. The average molecular weight is 1950 g/mol. The third-order valence-corrected chi connectivity index (χ3v) is 25.5. The molecular formula is C97H139ClFN17O22. The number of methoxy groups -OCH3 is 1. The molecule has 18 N–H and O–H groups in total. The number of nitrogens with one attached hydrogen (secondary N) is 9. The number of aryl methyl sites for hydroxylation is 1. The molecule has 0 aliphatic carbocycles. The van der Waals surface area contributed by atoms with E-state index in [9.17, 15) is 73.5 Å². The van der Waals surface area contributed by atoms with Gasteiger partial charge in [0.25, 0.3) is 0 Å². The number of pyridine rings is 1. The lowest BCUT2D eigenvalue weighted by Gasteiger charge is -2.40. The predicted molar refractivity (Wildman–Crippen MR) is 514 cm³/mol. The first-order valence-corrected chi connectivity index (χ1v) is 47.6. The number of rotatable bonds is 50. The molecule has 3 fully saturated rings. The van der Waals surface area contributed by atoms with Crippen molar-refractivity contribution in [1.29, 1.82) is 0 Å². The van der Waals surface area contributed by atoms with E-state index in [1.807, 2.05) is 51.1 Å². The number of nitrogens with two attached hydrogens (primary N) is 2. The van der Waals surface area contributed by atoms with Gasteiger partial charge in [-0.25, -0.2) is 28.7 Å². The van der Waals surface area contributed by atoms with Gasteiger partial charge in [0, 0.05) is 108 Å². The molecule has 6 aromatic rings. The molecule has 0 spiro atoms. The SMILES string of the molecule is CC[C@H](C)[C@@H]([C@@H](CC(=O)N1CCC[C@H]1C[C@@H](C)C(=O)N[C@H](C)[C@@H](O)c1ccccc1)OC)N(C)C(=O)[C@@H](NC(=O)[C@H](C(C)C)N(C)C(=O)OCc1ccc(NC(=O)[C@H](CCCNC(N)=O)NC(=O)[C@@H](NC(=O)CCOCCOCCC(=O)NCCNc2ncc(-c3cc(C)cc(F)c3)c(N3CCC(N)CC3)c2-c2nc3ccc(Cl)cc3[nH]2)C(C)C)c(O[C@@H]2O[C@H](C(=O)O)[C@@H](O)[C@H](O)[C@H]2O)c1)C(C)C. The first-order valence-electron chi connectivity index (χ1n) is 47.2. The van der Waals surface area contributed by atoms with Gasteiger partial charge in [0.15, 0.2) is 6.10 Å². The number of nitrogens with zero attached hydrogens (tertiary/aromatic N) is 6. The third kappa shape index (κ3) is 30.5. The summed E-state index contributed by atoms with van der Waals surface area (Å²) in [6, 6.07) is 15.5. The smallest absolute Gasteiger partial charge is 0.410 e. The first kappa shape index (κ1) is 110. The first-order chi connectivity index (χ1) is 65.6. The minimum Gasteiger partial charge on any atom is -0.479 e. The molecule has 3 aliphatic rings. The zero-order valence-corrected chi connectivity index (χ0v) is 81.8. The molecule has 41 heteroatoms. The van der Waals surface area contributed by atoms with E-state index in [1.54, 1.807) is 97.8 Å². The summed E-state index contributed by atoms with van der Waals surface area (Å²) in [6.45, 7) is 20.9. The Balaban J connectivity index is 0.786. The fourth-order valence-electron chi connectivity index (χ4n) is 17.4. The summed E-state index contributed by atoms with van der Waals surface area (Å²) in [5, 5.41) is 76.7. The molecule has 9 rings (SSSR count). The number of urea groups is 1. The molecule has 758 valence electrons. The maximum Gasteiger partial charge on any atom is 0.410 e. The predicted octanol–water partition coefficient (Wildman–Crippen LogP) is 6.91. The van der Waals surface area contributed by atoms with Crippen molar-refractivity contribution in [3.05, 3.63) is 119 Å². The number of carbonyl (C=O) groups excluding carboxylic acids is 10. The Morgan fingerprint density at radius 2 is 1.42 bits per heavy atom. The highest BCUT2D eigenvalue weighted by Crippen LogP contribution is 2.45. The molecule has 0 saturated carbocycles. The number of primary amides is 1. The van der Waals surface area contributed by atoms with Crippen LogP contribution >= 0.6 is 11.6 Å². The highest BCUT2D eigenvalue weighted by Gasteiger charge is 2.49. The van der Waals surface area contributed by atoms with Crippen molar-refractivity contribution in [3.63, 3.8) is 0 Å². The van der Waals surface area contributed by atoms with E-state index in [0.29, 0.717) is 95.3 Å². The standard InChI is InChI=1S/C97H139ClFN17O22/c1-15-56(9)80(72(133-14)49-75(119)116-36-20-23-65(116)45-57(10)89(124)106-58(11)82(120)60-21-17-16-18-22-60)113(12)93(128)78(53(4)5)112-92(127)79(54(6)7)114(13)97(132)136-51-59-25-27-68(71(46-59)137-95-85(123)83(121)84(122)86(138-95)94(129)130)109-90(125)69(24-19-33-104-96(101)131)110-91(126)77(52(2)3)111-74(118)32-40-135-42-41-134-39-31-73(117)102-34-35-103-87-76(88-107-67-28-26-62(98)48-70(67)108-88)81(115-37-29-64(100)30-38-115)66(50-105-87)61-43-55(8)44-63(99)47-61/h16-18,21-22,25-28,43-44,46-48,50,52-54,56-58,64-65,69,72,77-80,82-86,95,120-123H,15,19-20,23-24,29-42,45,49,51,100H2,1-14H3,(H,102,117)(H,103,105)(H,106,124)(H,107,108)(H,109,125)(H,110,126)(H,111,118)(H,112,127)(H,129,130)(H3,101,104,131)/t56-,57+,58+,65-,69-,72+,77-,78-,79-,80-,82+,83-,84-,85+,86-,95+/m0/s1. The van der Waals surface area contributed by atoms with Crippen LogP contribution in [-0.2, 0) is 73.4 Å². The summed E-state index contributed by atoms with van der Waals surface area (Å²) in [5.41, 5.74) is 17.1. The number of piperidine rings is 1. The number of halogens is 2. The number of hydrogen-bond donors (Lipinski definition) is 16. The number of aliphatic hydroxyl groups excluding tert-OH is 4. The summed E-state index contributed by atoms with van der Waals surface area (Å²) in [6.07, 6.45) is -8.41. The molecule has 2 aromatic heterocycles. The average Bonchev–Trinajstić information content (AvgIpc) is 1.46. The molecular weight excluding hydrogens is 1810 g/mol. The molecule has 0 radical (unpaired) electrons. The zero-order chi connectivity index (χ0) is 101. The lowest BCUT2D eigenvalue weighted by molar-refractivity contribution is -0.271. The fraction of sp³-hybridized carbons (Fsp3) is 0.577. The molecule has 3 aliphatic heterocycles. The zero-order valence-electron chi connectivity index (χ0n) is 81.0. The van der Waals surface area contributed by atoms with Crippen LogP contribution in [-0.4, -0.2) is 293 Å². The van der Waals surface area contributed by atoms with Crippen LogP contribution in [0, 0.1) is 42.3 Å². The van der Waals surface area contributed by atoms with E-state index in [-0.39, 0.29) is 131 Å². The number of likely N-dealkylation sites (N-methyl/N-ethyl adjacent to an activating group) is 2. The Labute approximate surface area is 808 Å². The number of carboxylic acid groups (broad SMARTS) is 1. The topological polar surface area (TPSA) is 547 Å². The van der Waals surface area contributed by atoms with Crippen molar-refractivity contribution in [2.75, 3.05) is 102 Å². The quantitative estimate of drug-likeness (QED) is 0.0172. The molecule has 11 amide bonds. The van der Waals surface area contributed by atoms with E-state index >= 15 is 9.18 Å². The number of carboxylic acids is 1. The van der Waals surface area contributed by atoms with Gasteiger partial charge in [-0.1, -0.05) is 123 Å². The van der Waals surface area contributed by atoms with Crippen molar-refractivity contribution < 1.29 is 111 Å². The second-order valence-electron chi connectivity index (χ2n) is 36.9. The molecule has 39 nitrogen and oxygen atoms in total. The van der Waals surface area contributed by atoms with Crippen LogP contribution in [0.15, 0.2) is 91.1 Å². The number of hydrogen-bond acceptors (Lipinski definition) is 26. The van der Waals surface area contributed by atoms with Crippen molar-refractivity contribution >= 4 is 105 Å². The van der Waals surface area contributed by atoms with E-state index in [0.717, 1.165) is 29.0 Å². The second-order valence-corrected chi connectivity index (χ2v) is 37.3. The van der Waals surface area contributed by atoms with E-state index in [2.05, 4.69) is 52.4 Å². The number of aliphatic hydroxyl groups is 4. The molecule has 16 atom stereocenters. The van der Waals surface area contributed by atoms with Crippen LogP contribution in [0.2, 0.25) is 5.02 Å². The van der Waals surface area contributed by atoms with E-state index in [1.165, 1.54) is 49.4 Å². The number of fused-ring (bicyclic) bond motifs is 1. The second kappa shape index (κ2) is 52.5. The van der Waals surface area contributed by atoms with Crippen molar-refractivity contribution in [1.82, 2.24) is 61.6 Å². The number of amides is 11. The summed E-state index contributed by atoms with van der Waals surface area (Å²) in [7, 11) is 4.38. The minimum atomic E-state index is -2.16. The number of carbonyl (C=O) groups is 11. The van der Waals surface area contributed by atoms with Gasteiger partial charge < -0.3 is 128 Å². The van der Waals surface area contributed by atoms with Gasteiger partial charge in [-0.05, 0) is 147 Å². The van der Waals surface area contributed by atoms with Gasteiger partial charge in [0.05, 0.1) is 85.1 Å². The Bertz CT molecular complexity index is 5090. The fourth-order valence-corrected chi connectivity index (χ4v) is 17.6. The van der Waals surface area contributed by atoms with Crippen LogP contribution in [0.25, 0.3) is 33.5 Å². The summed E-state index contributed by atoms with van der Waals surface area (Å²) >= 11 is 6.40. The lowest BCUT2D eigenvalue weighted by Crippen LogP contribution is -2.61. The highest BCUT2D eigenvalue weighted by atomic mass is 35.5. The number of imidazole rings is 1. The number of aliphatic carboxylic acids is 1. The van der Waals surface area contributed by atoms with Gasteiger partial charge in [-0.2, -0.15) is 0 Å². The Kier molecular flexibility index (Phi) is 41.9. The maximum absolute atomic E-state index is 15.1. The van der Waals surface area contributed by atoms with Crippen LogP contribution in [0.5, 0.6) is 5.75 Å². The minimum absolute atomic E-state index is 0.00599. The van der Waals surface area contributed by atoms with E-state index < -0.39 is 163 Å².